The second-order valence-corrected chi connectivity index (χ2v) is 6.44. The third-order valence-electron chi connectivity index (χ3n) is 4.21. The number of carbonyl (C=O) groups is 1. The summed E-state index contributed by atoms with van der Waals surface area (Å²) in [5, 5.41) is 7.24. The minimum Gasteiger partial charge on any atom is -0.352 e. The fourth-order valence-corrected chi connectivity index (χ4v) is 3.00. The summed E-state index contributed by atoms with van der Waals surface area (Å²) in [4.78, 5) is 12.2. The molecule has 2 rings (SSSR count). The lowest BCUT2D eigenvalue weighted by atomic mass is 9.95. The van der Waals surface area contributed by atoms with Crippen LogP contribution in [0.25, 0.3) is 0 Å². The van der Waals surface area contributed by atoms with Gasteiger partial charge in [0.2, 0.25) is 5.91 Å². The quantitative estimate of drug-likeness (QED) is 0.868. The van der Waals surface area contributed by atoms with Crippen LogP contribution >= 0.6 is 11.6 Å². The van der Waals surface area contributed by atoms with E-state index >= 15 is 0 Å². The van der Waals surface area contributed by atoms with E-state index in [1.54, 1.807) is 0 Å². The van der Waals surface area contributed by atoms with Gasteiger partial charge in [0, 0.05) is 17.1 Å². The van der Waals surface area contributed by atoms with Gasteiger partial charge >= 0.3 is 0 Å². The SMILES string of the molecule is CC(N[C@H](C)c1ccc(Cl)cc1)C(=O)NC1CCCCC1. The van der Waals surface area contributed by atoms with Crippen molar-refractivity contribution in [2.45, 2.75) is 64.1 Å². The predicted octanol–water partition coefficient (Wildman–Crippen LogP) is 3.83. The van der Waals surface area contributed by atoms with Crippen LogP contribution in [0.1, 0.15) is 57.6 Å². The molecule has 1 saturated carbocycles. The van der Waals surface area contributed by atoms with E-state index in [0.29, 0.717) is 6.04 Å². The highest BCUT2D eigenvalue weighted by Gasteiger charge is 2.20. The van der Waals surface area contributed by atoms with Crippen molar-refractivity contribution in [3.63, 3.8) is 0 Å². The molecule has 1 unspecified atom stereocenters. The Balaban J connectivity index is 1.83. The van der Waals surface area contributed by atoms with Crippen molar-refractivity contribution in [3.05, 3.63) is 34.9 Å². The number of benzene rings is 1. The lowest BCUT2D eigenvalue weighted by Gasteiger charge is -2.26. The van der Waals surface area contributed by atoms with Crippen LogP contribution in [-0.2, 0) is 4.79 Å². The van der Waals surface area contributed by atoms with E-state index in [1.807, 2.05) is 31.2 Å². The highest BCUT2D eigenvalue weighted by molar-refractivity contribution is 6.30. The van der Waals surface area contributed by atoms with E-state index in [1.165, 1.54) is 19.3 Å². The number of nitrogens with one attached hydrogen (secondary N) is 2. The molecule has 0 radical (unpaired) electrons. The van der Waals surface area contributed by atoms with Crippen molar-refractivity contribution >= 4 is 17.5 Å². The van der Waals surface area contributed by atoms with Gasteiger partial charge in [-0.2, -0.15) is 0 Å². The largest absolute Gasteiger partial charge is 0.352 e. The number of carbonyl (C=O) groups excluding carboxylic acids is 1. The lowest BCUT2D eigenvalue weighted by molar-refractivity contribution is -0.123. The Morgan fingerprint density at radius 1 is 1.14 bits per heavy atom. The molecule has 1 aromatic carbocycles. The molecular formula is C17H25ClN2O. The second-order valence-electron chi connectivity index (χ2n) is 6.01. The third kappa shape index (κ3) is 5.01. The van der Waals surface area contributed by atoms with Gasteiger partial charge in [-0.1, -0.05) is 43.0 Å². The number of hydrogen-bond acceptors (Lipinski definition) is 2. The minimum absolute atomic E-state index is 0.0997. The molecule has 1 fully saturated rings. The first-order chi connectivity index (χ1) is 10.1. The second kappa shape index (κ2) is 7.81. The maximum absolute atomic E-state index is 12.2. The summed E-state index contributed by atoms with van der Waals surface area (Å²) >= 11 is 5.90. The summed E-state index contributed by atoms with van der Waals surface area (Å²) in [6.07, 6.45) is 5.99. The molecule has 1 amide bonds. The zero-order chi connectivity index (χ0) is 15.2. The van der Waals surface area contributed by atoms with E-state index in [4.69, 9.17) is 11.6 Å². The smallest absolute Gasteiger partial charge is 0.237 e. The summed E-state index contributed by atoms with van der Waals surface area (Å²) in [5.74, 6) is 0.0997. The first-order valence-corrected chi connectivity index (χ1v) is 8.26. The molecule has 1 aliphatic rings. The van der Waals surface area contributed by atoms with Gasteiger partial charge in [-0.3, -0.25) is 10.1 Å². The molecule has 0 saturated heterocycles. The summed E-state index contributed by atoms with van der Waals surface area (Å²) in [6, 6.07) is 8.02. The van der Waals surface area contributed by atoms with Crippen molar-refractivity contribution in [2.75, 3.05) is 0 Å². The average molecular weight is 309 g/mol. The van der Waals surface area contributed by atoms with E-state index in [0.717, 1.165) is 23.4 Å². The van der Waals surface area contributed by atoms with Gasteiger partial charge < -0.3 is 5.32 Å². The zero-order valence-electron chi connectivity index (χ0n) is 12.9. The van der Waals surface area contributed by atoms with Crippen LogP contribution in [0, 0.1) is 0 Å². The molecular weight excluding hydrogens is 284 g/mol. The Bertz CT molecular complexity index is 454. The summed E-state index contributed by atoms with van der Waals surface area (Å²) in [6.45, 7) is 3.98. The molecule has 1 aromatic rings. The molecule has 116 valence electrons. The van der Waals surface area contributed by atoms with E-state index in [9.17, 15) is 4.79 Å². The molecule has 4 heteroatoms. The highest BCUT2D eigenvalue weighted by atomic mass is 35.5. The molecule has 0 spiro atoms. The molecule has 2 atom stereocenters. The summed E-state index contributed by atoms with van der Waals surface area (Å²) < 4.78 is 0. The van der Waals surface area contributed by atoms with E-state index in [-0.39, 0.29) is 18.0 Å². The zero-order valence-corrected chi connectivity index (χ0v) is 13.6. The van der Waals surface area contributed by atoms with Crippen LogP contribution in [0.5, 0.6) is 0 Å². The standard InChI is InChI=1S/C17H25ClN2O/c1-12(14-8-10-15(18)11-9-14)19-13(2)17(21)20-16-6-4-3-5-7-16/h8-13,16,19H,3-7H2,1-2H3,(H,20,21)/t12-,13?/m1/s1. The van der Waals surface area contributed by atoms with Crippen LogP contribution in [0.4, 0.5) is 0 Å². The minimum atomic E-state index is -0.197. The fraction of sp³-hybridized carbons (Fsp3) is 0.588. The van der Waals surface area contributed by atoms with Crippen LogP contribution in [0.2, 0.25) is 5.02 Å². The fourth-order valence-electron chi connectivity index (χ4n) is 2.87. The van der Waals surface area contributed by atoms with Gasteiger partial charge in [-0.05, 0) is 44.4 Å². The van der Waals surface area contributed by atoms with Crippen molar-refractivity contribution in [1.82, 2.24) is 10.6 Å². The Labute approximate surface area is 132 Å². The van der Waals surface area contributed by atoms with Crippen LogP contribution in [0.15, 0.2) is 24.3 Å². The van der Waals surface area contributed by atoms with Crippen molar-refractivity contribution in [3.8, 4) is 0 Å². The van der Waals surface area contributed by atoms with Crippen molar-refractivity contribution in [1.29, 1.82) is 0 Å². The topological polar surface area (TPSA) is 41.1 Å². The molecule has 2 N–H and O–H groups in total. The number of halogens is 1. The highest BCUT2D eigenvalue weighted by Crippen LogP contribution is 2.18. The normalized spacial score (nSPS) is 19.0. The van der Waals surface area contributed by atoms with E-state index < -0.39 is 0 Å². The van der Waals surface area contributed by atoms with Crippen LogP contribution in [-0.4, -0.2) is 18.0 Å². The molecule has 0 aliphatic heterocycles. The first kappa shape index (κ1) is 16.3. The van der Waals surface area contributed by atoms with Gasteiger partial charge in [0.15, 0.2) is 0 Å². The van der Waals surface area contributed by atoms with Crippen molar-refractivity contribution in [2.24, 2.45) is 0 Å². The van der Waals surface area contributed by atoms with Crippen LogP contribution < -0.4 is 10.6 Å². The average Bonchev–Trinajstić information content (AvgIpc) is 2.48. The maximum atomic E-state index is 12.2. The van der Waals surface area contributed by atoms with Crippen LogP contribution in [0.3, 0.4) is 0 Å². The Morgan fingerprint density at radius 3 is 2.38 bits per heavy atom. The van der Waals surface area contributed by atoms with E-state index in [2.05, 4.69) is 17.6 Å². The summed E-state index contributed by atoms with van der Waals surface area (Å²) in [5.41, 5.74) is 1.14. The first-order valence-electron chi connectivity index (χ1n) is 7.88. The van der Waals surface area contributed by atoms with Gasteiger partial charge in [0.1, 0.15) is 0 Å². The molecule has 21 heavy (non-hydrogen) atoms. The van der Waals surface area contributed by atoms with Crippen molar-refractivity contribution < 1.29 is 4.79 Å². The lowest BCUT2D eigenvalue weighted by Crippen LogP contribution is -2.47. The summed E-state index contributed by atoms with van der Waals surface area (Å²) in [7, 11) is 0. The predicted molar refractivity (Wildman–Crippen MR) is 87.5 cm³/mol. The van der Waals surface area contributed by atoms with Gasteiger partial charge in [0.25, 0.3) is 0 Å². The molecule has 0 bridgehead atoms. The molecule has 0 heterocycles. The Morgan fingerprint density at radius 2 is 1.76 bits per heavy atom. The van der Waals surface area contributed by atoms with Gasteiger partial charge in [0.05, 0.1) is 6.04 Å². The maximum Gasteiger partial charge on any atom is 0.237 e. The number of hydrogen-bond donors (Lipinski definition) is 2. The Hall–Kier alpha value is -1.06. The molecule has 3 nitrogen and oxygen atoms in total. The van der Waals surface area contributed by atoms with Gasteiger partial charge in [-0.15, -0.1) is 0 Å². The Kier molecular flexibility index (Phi) is 6.07. The third-order valence-corrected chi connectivity index (χ3v) is 4.47. The number of rotatable bonds is 5. The molecule has 1 aliphatic carbocycles. The number of amides is 1. The monoisotopic (exact) mass is 308 g/mol. The molecule has 0 aromatic heterocycles. The van der Waals surface area contributed by atoms with Gasteiger partial charge in [-0.25, -0.2) is 0 Å².